The minimum absolute atomic E-state index is 0.340. The van der Waals surface area contributed by atoms with E-state index in [9.17, 15) is 5.11 Å². The van der Waals surface area contributed by atoms with Crippen LogP contribution in [-0.4, -0.2) is 30.3 Å². The summed E-state index contributed by atoms with van der Waals surface area (Å²) in [6, 6.07) is 7.93. The summed E-state index contributed by atoms with van der Waals surface area (Å²) in [5.41, 5.74) is 2.10. The quantitative estimate of drug-likeness (QED) is 0.810. The predicted octanol–water partition coefficient (Wildman–Crippen LogP) is 1.39. The van der Waals surface area contributed by atoms with Crippen LogP contribution in [-0.2, 0) is 11.2 Å². The summed E-state index contributed by atoms with van der Waals surface area (Å²) in [5, 5.41) is 9.39. The third-order valence-corrected chi connectivity index (χ3v) is 2.35. The molecule has 0 amide bonds. The Morgan fingerprint density at radius 3 is 2.93 bits per heavy atom. The van der Waals surface area contributed by atoms with Crippen LogP contribution in [0, 0.1) is 0 Å². The third kappa shape index (κ3) is 2.36. The number of hydrogen-bond acceptors (Lipinski definition) is 3. The Morgan fingerprint density at radius 1 is 1.47 bits per heavy atom. The summed E-state index contributed by atoms with van der Waals surface area (Å²) >= 11 is 0. The first-order chi connectivity index (χ1) is 7.27. The minimum atomic E-state index is -0.340. The molecule has 3 heteroatoms. The molecule has 2 rings (SSSR count). The fraction of sp³-hybridized carbons (Fsp3) is 0.417. The van der Waals surface area contributed by atoms with Crippen molar-refractivity contribution >= 4 is 5.90 Å². The highest BCUT2D eigenvalue weighted by molar-refractivity contribution is 5.96. The number of benzene rings is 1. The second kappa shape index (κ2) is 4.45. The van der Waals surface area contributed by atoms with Gasteiger partial charge in [0, 0.05) is 5.56 Å². The summed E-state index contributed by atoms with van der Waals surface area (Å²) in [6.45, 7) is 3.19. The number of rotatable bonds is 3. The standard InChI is InChI=1S/C12H15NO2/c1-9(14)8-10-4-2-3-5-11(10)12-13-6-7-15-12/h2-5,9,14H,6-8H2,1H3. The molecular weight excluding hydrogens is 190 g/mol. The van der Waals surface area contributed by atoms with Crippen molar-refractivity contribution in [2.24, 2.45) is 4.99 Å². The molecule has 1 N–H and O–H groups in total. The van der Waals surface area contributed by atoms with Crippen LogP contribution in [0.15, 0.2) is 29.3 Å². The maximum absolute atomic E-state index is 9.39. The Balaban J connectivity index is 2.29. The SMILES string of the molecule is CC(O)Cc1ccccc1C1=NCCO1. The van der Waals surface area contributed by atoms with Crippen LogP contribution < -0.4 is 0 Å². The lowest BCUT2D eigenvalue weighted by molar-refractivity contribution is 0.195. The van der Waals surface area contributed by atoms with Gasteiger partial charge in [0.1, 0.15) is 6.61 Å². The molecule has 1 aliphatic rings. The van der Waals surface area contributed by atoms with E-state index >= 15 is 0 Å². The number of aliphatic hydroxyl groups is 1. The molecule has 0 saturated heterocycles. The van der Waals surface area contributed by atoms with Gasteiger partial charge in [-0.1, -0.05) is 18.2 Å². The van der Waals surface area contributed by atoms with Gasteiger partial charge in [0.25, 0.3) is 0 Å². The highest BCUT2D eigenvalue weighted by atomic mass is 16.5. The highest BCUT2D eigenvalue weighted by Crippen LogP contribution is 2.15. The minimum Gasteiger partial charge on any atom is -0.476 e. The maximum Gasteiger partial charge on any atom is 0.216 e. The van der Waals surface area contributed by atoms with E-state index < -0.39 is 0 Å². The van der Waals surface area contributed by atoms with E-state index in [1.165, 1.54) is 0 Å². The van der Waals surface area contributed by atoms with Crippen LogP contribution >= 0.6 is 0 Å². The van der Waals surface area contributed by atoms with Crippen LogP contribution in [0.5, 0.6) is 0 Å². The summed E-state index contributed by atoms with van der Waals surface area (Å²) in [6.07, 6.45) is 0.298. The normalized spacial score (nSPS) is 17.1. The zero-order chi connectivity index (χ0) is 10.7. The van der Waals surface area contributed by atoms with Gasteiger partial charge in [-0.15, -0.1) is 0 Å². The topological polar surface area (TPSA) is 41.8 Å². The van der Waals surface area contributed by atoms with E-state index in [0.717, 1.165) is 17.7 Å². The molecule has 0 bridgehead atoms. The van der Waals surface area contributed by atoms with Gasteiger partial charge in [0.05, 0.1) is 12.6 Å². The molecule has 0 radical (unpaired) electrons. The van der Waals surface area contributed by atoms with E-state index in [2.05, 4.69) is 4.99 Å². The van der Waals surface area contributed by atoms with E-state index in [-0.39, 0.29) is 6.10 Å². The fourth-order valence-electron chi connectivity index (χ4n) is 1.72. The monoisotopic (exact) mass is 205 g/mol. The molecule has 0 saturated carbocycles. The first kappa shape index (κ1) is 10.2. The second-order valence-corrected chi connectivity index (χ2v) is 3.75. The van der Waals surface area contributed by atoms with Crippen molar-refractivity contribution in [3.63, 3.8) is 0 Å². The number of aliphatic hydroxyl groups excluding tert-OH is 1. The van der Waals surface area contributed by atoms with Crippen molar-refractivity contribution in [3.8, 4) is 0 Å². The molecule has 1 heterocycles. The Morgan fingerprint density at radius 2 is 2.27 bits per heavy atom. The largest absolute Gasteiger partial charge is 0.476 e. The summed E-state index contributed by atoms with van der Waals surface area (Å²) < 4.78 is 5.43. The van der Waals surface area contributed by atoms with Gasteiger partial charge in [0.2, 0.25) is 5.90 Å². The van der Waals surface area contributed by atoms with Crippen molar-refractivity contribution in [2.45, 2.75) is 19.4 Å². The van der Waals surface area contributed by atoms with Gasteiger partial charge in [-0.05, 0) is 25.0 Å². The Bertz CT molecular complexity index is 372. The summed E-state index contributed by atoms with van der Waals surface area (Å²) in [4.78, 5) is 4.29. The van der Waals surface area contributed by atoms with Crippen molar-refractivity contribution in [1.29, 1.82) is 0 Å². The average Bonchev–Trinajstić information content (AvgIpc) is 2.70. The molecular formula is C12H15NO2. The zero-order valence-corrected chi connectivity index (χ0v) is 8.81. The van der Waals surface area contributed by atoms with Crippen LogP contribution in [0.1, 0.15) is 18.1 Å². The molecule has 1 aromatic rings. The molecule has 1 unspecified atom stereocenters. The van der Waals surface area contributed by atoms with Gasteiger partial charge >= 0.3 is 0 Å². The van der Waals surface area contributed by atoms with E-state index in [1.807, 2.05) is 24.3 Å². The molecule has 1 atom stereocenters. The van der Waals surface area contributed by atoms with E-state index in [1.54, 1.807) is 6.92 Å². The Kier molecular flexibility index (Phi) is 3.02. The molecule has 1 aliphatic heterocycles. The van der Waals surface area contributed by atoms with Gasteiger partial charge in [-0.2, -0.15) is 0 Å². The van der Waals surface area contributed by atoms with Crippen molar-refractivity contribution in [3.05, 3.63) is 35.4 Å². The van der Waals surface area contributed by atoms with Crippen LogP contribution in [0.25, 0.3) is 0 Å². The molecule has 3 nitrogen and oxygen atoms in total. The lowest BCUT2D eigenvalue weighted by atomic mass is 10.0. The predicted molar refractivity (Wildman–Crippen MR) is 59.2 cm³/mol. The smallest absolute Gasteiger partial charge is 0.216 e. The van der Waals surface area contributed by atoms with Gasteiger partial charge in [-0.3, -0.25) is 0 Å². The Labute approximate surface area is 89.4 Å². The van der Waals surface area contributed by atoms with Crippen molar-refractivity contribution in [1.82, 2.24) is 0 Å². The number of nitrogens with zero attached hydrogens (tertiary/aromatic N) is 1. The molecule has 0 aromatic heterocycles. The summed E-state index contributed by atoms with van der Waals surface area (Å²) in [7, 11) is 0. The van der Waals surface area contributed by atoms with Crippen LogP contribution in [0.4, 0.5) is 0 Å². The zero-order valence-electron chi connectivity index (χ0n) is 8.81. The molecule has 1 aromatic carbocycles. The van der Waals surface area contributed by atoms with Crippen molar-refractivity contribution in [2.75, 3.05) is 13.2 Å². The lowest BCUT2D eigenvalue weighted by Crippen LogP contribution is -2.10. The average molecular weight is 205 g/mol. The Hall–Kier alpha value is -1.35. The third-order valence-electron chi connectivity index (χ3n) is 2.35. The molecule has 0 fully saturated rings. The summed E-state index contributed by atoms with van der Waals surface area (Å²) in [5.74, 6) is 0.714. The van der Waals surface area contributed by atoms with Gasteiger partial charge in [-0.25, -0.2) is 4.99 Å². The first-order valence-electron chi connectivity index (χ1n) is 5.21. The lowest BCUT2D eigenvalue weighted by Gasteiger charge is -2.10. The fourth-order valence-corrected chi connectivity index (χ4v) is 1.72. The highest BCUT2D eigenvalue weighted by Gasteiger charge is 2.14. The van der Waals surface area contributed by atoms with Gasteiger partial charge in [0.15, 0.2) is 0 Å². The van der Waals surface area contributed by atoms with E-state index in [0.29, 0.717) is 18.9 Å². The second-order valence-electron chi connectivity index (χ2n) is 3.75. The molecule has 80 valence electrons. The van der Waals surface area contributed by atoms with Gasteiger partial charge < -0.3 is 9.84 Å². The molecule has 15 heavy (non-hydrogen) atoms. The number of hydrogen-bond donors (Lipinski definition) is 1. The van der Waals surface area contributed by atoms with E-state index in [4.69, 9.17) is 4.74 Å². The maximum atomic E-state index is 9.39. The van der Waals surface area contributed by atoms with Crippen LogP contribution in [0.3, 0.4) is 0 Å². The number of aliphatic imine (C=N–C) groups is 1. The molecule has 0 aliphatic carbocycles. The first-order valence-corrected chi connectivity index (χ1v) is 5.21. The van der Waals surface area contributed by atoms with Crippen molar-refractivity contribution < 1.29 is 9.84 Å². The number of ether oxygens (including phenoxy) is 1. The molecule has 0 spiro atoms. The van der Waals surface area contributed by atoms with Crippen LogP contribution in [0.2, 0.25) is 0 Å².